The second kappa shape index (κ2) is 7.67. The molecule has 1 heterocycles. The van der Waals surface area contributed by atoms with Crippen LogP contribution in [0, 0.1) is 6.92 Å². The van der Waals surface area contributed by atoms with E-state index < -0.39 is 10.0 Å². The number of anilines is 1. The van der Waals surface area contributed by atoms with Crippen LogP contribution in [0.5, 0.6) is 0 Å². The molecule has 0 aliphatic heterocycles. The van der Waals surface area contributed by atoms with Gasteiger partial charge in [-0.3, -0.25) is 9.52 Å². The number of carbonyl (C=O) groups is 1. The molecule has 0 bridgehead atoms. The van der Waals surface area contributed by atoms with Gasteiger partial charge in [-0.05, 0) is 55.0 Å². The number of amides is 1. The minimum absolute atomic E-state index is 0.0935. The fourth-order valence-electron chi connectivity index (χ4n) is 2.60. The molecule has 6 nitrogen and oxygen atoms in total. The average molecular weight is 384 g/mol. The Morgan fingerprint density at radius 2 is 1.74 bits per heavy atom. The normalized spacial score (nSPS) is 11.2. The molecule has 0 aliphatic carbocycles. The van der Waals surface area contributed by atoms with Crippen molar-refractivity contribution < 1.29 is 17.6 Å². The maximum absolute atomic E-state index is 12.6. The molecule has 0 atom stereocenters. The van der Waals surface area contributed by atoms with Gasteiger partial charge in [0.15, 0.2) is 0 Å². The number of benzene rings is 2. The highest BCUT2D eigenvalue weighted by Crippen LogP contribution is 2.20. The molecule has 0 radical (unpaired) electrons. The first-order valence-electron chi connectivity index (χ1n) is 8.33. The summed E-state index contributed by atoms with van der Waals surface area (Å²) < 4.78 is 32.9. The Morgan fingerprint density at radius 3 is 2.37 bits per heavy atom. The highest BCUT2D eigenvalue weighted by Gasteiger charge is 2.18. The molecule has 3 aromatic rings. The lowest BCUT2D eigenvalue weighted by Crippen LogP contribution is -2.26. The number of rotatable bonds is 6. The van der Waals surface area contributed by atoms with Gasteiger partial charge in [-0.15, -0.1) is 0 Å². The summed E-state index contributed by atoms with van der Waals surface area (Å²) in [4.78, 5) is 14.1. The molecule has 0 unspecified atom stereocenters. The Labute approximate surface area is 158 Å². The first kappa shape index (κ1) is 18.7. The zero-order valence-electron chi connectivity index (χ0n) is 15.0. The van der Waals surface area contributed by atoms with Crippen molar-refractivity contribution in [3.8, 4) is 0 Å². The van der Waals surface area contributed by atoms with E-state index in [1.807, 2.05) is 19.1 Å². The summed E-state index contributed by atoms with van der Waals surface area (Å²) in [5.41, 5.74) is 1.75. The van der Waals surface area contributed by atoms with Gasteiger partial charge in [0.25, 0.3) is 15.9 Å². The Morgan fingerprint density at radius 1 is 1.04 bits per heavy atom. The fourth-order valence-corrected chi connectivity index (χ4v) is 3.73. The Bertz CT molecular complexity index is 1030. The van der Waals surface area contributed by atoms with Crippen LogP contribution >= 0.6 is 0 Å². The molecular weight excluding hydrogens is 364 g/mol. The number of hydrogen-bond donors (Lipinski definition) is 1. The molecule has 0 spiro atoms. The Hall–Kier alpha value is -3.06. The van der Waals surface area contributed by atoms with Crippen molar-refractivity contribution in [2.75, 3.05) is 11.8 Å². The lowest BCUT2D eigenvalue weighted by molar-refractivity contribution is 0.0775. The maximum Gasteiger partial charge on any atom is 0.261 e. The van der Waals surface area contributed by atoms with Gasteiger partial charge >= 0.3 is 0 Å². The fraction of sp³-hybridized carbons (Fsp3) is 0.150. The predicted octanol–water partition coefficient (Wildman–Crippen LogP) is 3.66. The zero-order chi connectivity index (χ0) is 19.4. The number of aryl methyl sites for hydroxylation is 1. The van der Waals surface area contributed by atoms with Gasteiger partial charge in [0.2, 0.25) is 0 Å². The first-order valence-corrected chi connectivity index (χ1v) is 9.81. The van der Waals surface area contributed by atoms with E-state index in [4.69, 9.17) is 4.42 Å². The van der Waals surface area contributed by atoms with Gasteiger partial charge in [0.1, 0.15) is 5.76 Å². The molecule has 27 heavy (non-hydrogen) atoms. The third-order valence-corrected chi connectivity index (χ3v) is 5.50. The predicted molar refractivity (Wildman–Crippen MR) is 103 cm³/mol. The van der Waals surface area contributed by atoms with E-state index in [0.29, 0.717) is 23.6 Å². The van der Waals surface area contributed by atoms with Crippen molar-refractivity contribution in [1.29, 1.82) is 0 Å². The summed E-state index contributed by atoms with van der Waals surface area (Å²) in [6, 6.07) is 16.5. The first-order chi connectivity index (χ1) is 12.9. The zero-order valence-corrected chi connectivity index (χ0v) is 15.9. The van der Waals surface area contributed by atoms with Crippen LogP contribution in [-0.4, -0.2) is 26.3 Å². The van der Waals surface area contributed by atoms with Crippen LogP contribution in [0.4, 0.5) is 5.69 Å². The molecule has 0 aliphatic rings. The van der Waals surface area contributed by atoms with Gasteiger partial charge in [-0.25, -0.2) is 8.42 Å². The number of sulfonamides is 1. The second-order valence-electron chi connectivity index (χ2n) is 6.19. The quantitative estimate of drug-likeness (QED) is 0.703. The molecule has 7 heteroatoms. The molecular formula is C20H20N2O4S. The largest absolute Gasteiger partial charge is 0.467 e. The van der Waals surface area contributed by atoms with E-state index in [1.165, 1.54) is 29.2 Å². The SMILES string of the molecule is Cc1ccccc1NS(=O)(=O)c1ccc(C(=O)N(C)Cc2ccco2)cc1. The van der Waals surface area contributed by atoms with Gasteiger partial charge < -0.3 is 9.32 Å². The van der Waals surface area contributed by atoms with Crippen LogP contribution in [0.25, 0.3) is 0 Å². The van der Waals surface area contributed by atoms with E-state index in [2.05, 4.69) is 4.72 Å². The third-order valence-electron chi connectivity index (χ3n) is 4.12. The highest BCUT2D eigenvalue weighted by molar-refractivity contribution is 7.92. The Kier molecular flexibility index (Phi) is 5.32. The van der Waals surface area contributed by atoms with Crippen LogP contribution in [-0.2, 0) is 16.6 Å². The van der Waals surface area contributed by atoms with Crippen molar-refractivity contribution in [1.82, 2.24) is 4.90 Å². The van der Waals surface area contributed by atoms with Crippen LogP contribution in [0.15, 0.2) is 76.2 Å². The number of furan rings is 1. The summed E-state index contributed by atoms with van der Waals surface area (Å²) in [7, 11) is -2.07. The molecule has 0 fully saturated rings. The second-order valence-corrected chi connectivity index (χ2v) is 7.87. The van der Waals surface area contributed by atoms with Crippen molar-refractivity contribution in [3.63, 3.8) is 0 Å². The van der Waals surface area contributed by atoms with Crippen molar-refractivity contribution >= 4 is 21.6 Å². The van der Waals surface area contributed by atoms with Crippen molar-refractivity contribution in [2.24, 2.45) is 0 Å². The van der Waals surface area contributed by atoms with E-state index in [1.54, 1.807) is 37.6 Å². The molecule has 3 rings (SSSR count). The summed E-state index contributed by atoms with van der Waals surface area (Å²) >= 11 is 0. The summed E-state index contributed by atoms with van der Waals surface area (Å²) in [5.74, 6) is 0.453. The van der Waals surface area contributed by atoms with E-state index >= 15 is 0 Å². The van der Waals surface area contributed by atoms with Crippen LogP contribution < -0.4 is 4.72 Å². The number of hydrogen-bond acceptors (Lipinski definition) is 4. The number of nitrogens with zero attached hydrogens (tertiary/aromatic N) is 1. The number of para-hydroxylation sites is 1. The van der Waals surface area contributed by atoms with Gasteiger partial charge in [0, 0.05) is 12.6 Å². The van der Waals surface area contributed by atoms with Crippen LogP contribution in [0.1, 0.15) is 21.7 Å². The number of nitrogens with one attached hydrogen (secondary N) is 1. The third kappa shape index (κ3) is 4.38. The van der Waals surface area contributed by atoms with E-state index in [-0.39, 0.29) is 10.8 Å². The minimum Gasteiger partial charge on any atom is -0.467 e. The van der Waals surface area contributed by atoms with E-state index in [0.717, 1.165) is 5.56 Å². The highest BCUT2D eigenvalue weighted by atomic mass is 32.2. The standard InChI is InChI=1S/C20H20N2O4S/c1-15-6-3-4-8-19(15)21-27(24,25)18-11-9-16(10-12-18)20(23)22(2)14-17-7-5-13-26-17/h3-13,21H,14H2,1-2H3. The van der Waals surface area contributed by atoms with Crippen molar-refractivity contribution in [2.45, 2.75) is 18.4 Å². The maximum atomic E-state index is 12.6. The Balaban J connectivity index is 1.74. The van der Waals surface area contributed by atoms with Crippen LogP contribution in [0.3, 0.4) is 0 Å². The molecule has 1 aromatic heterocycles. The molecule has 0 saturated heterocycles. The topological polar surface area (TPSA) is 79.6 Å². The van der Waals surface area contributed by atoms with Crippen molar-refractivity contribution in [3.05, 3.63) is 83.8 Å². The lowest BCUT2D eigenvalue weighted by Gasteiger charge is -2.16. The minimum atomic E-state index is -3.73. The molecule has 0 saturated carbocycles. The molecule has 140 valence electrons. The summed E-state index contributed by atoms with van der Waals surface area (Å²) in [5, 5.41) is 0. The molecule has 1 amide bonds. The summed E-state index contributed by atoms with van der Waals surface area (Å²) in [6.45, 7) is 2.16. The monoisotopic (exact) mass is 384 g/mol. The van der Waals surface area contributed by atoms with Crippen LogP contribution in [0.2, 0.25) is 0 Å². The molecule has 2 aromatic carbocycles. The average Bonchev–Trinajstić information content (AvgIpc) is 3.16. The number of carbonyl (C=O) groups excluding carboxylic acids is 1. The van der Waals surface area contributed by atoms with Gasteiger partial charge in [0.05, 0.1) is 23.4 Å². The van der Waals surface area contributed by atoms with Gasteiger partial charge in [-0.2, -0.15) is 0 Å². The van der Waals surface area contributed by atoms with E-state index in [9.17, 15) is 13.2 Å². The summed E-state index contributed by atoms with van der Waals surface area (Å²) in [6.07, 6.45) is 1.55. The smallest absolute Gasteiger partial charge is 0.261 e. The lowest BCUT2D eigenvalue weighted by atomic mass is 10.2. The molecule has 1 N–H and O–H groups in total. The van der Waals surface area contributed by atoms with Gasteiger partial charge in [-0.1, -0.05) is 18.2 Å².